The number of nitrogens with two attached hydrogens (primary N) is 2. The van der Waals surface area contributed by atoms with Crippen LogP contribution in [0.1, 0.15) is 10.4 Å². The highest BCUT2D eigenvalue weighted by molar-refractivity contribution is 6.33. The quantitative estimate of drug-likeness (QED) is 0.650. The molecule has 1 aromatic carbocycles. The first kappa shape index (κ1) is 8.80. The Balaban J connectivity index is 3.37. The van der Waals surface area contributed by atoms with Crippen LogP contribution in [0.4, 0.5) is 10.1 Å². The summed E-state index contributed by atoms with van der Waals surface area (Å²) in [4.78, 5) is 10.6. The van der Waals surface area contributed by atoms with Gasteiger partial charge in [0.15, 0.2) is 0 Å². The molecule has 0 saturated heterocycles. The smallest absolute Gasteiger partial charge is 0.250 e. The molecule has 0 unspecified atom stereocenters. The molecule has 1 rings (SSSR count). The van der Waals surface area contributed by atoms with Gasteiger partial charge in [0, 0.05) is 0 Å². The minimum absolute atomic E-state index is 0.00515. The van der Waals surface area contributed by atoms with Crippen molar-refractivity contribution in [1.29, 1.82) is 0 Å². The van der Waals surface area contributed by atoms with Gasteiger partial charge in [-0.05, 0) is 12.1 Å². The third-order valence-corrected chi connectivity index (χ3v) is 1.67. The number of carbonyl (C=O) groups excluding carboxylic acids is 1. The Kier molecular flexibility index (Phi) is 2.19. The average Bonchev–Trinajstić information content (AvgIpc) is 1.96. The fraction of sp³-hybridized carbons (Fsp3) is 0. The molecule has 0 aliphatic heterocycles. The van der Waals surface area contributed by atoms with Crippen LogP contribution >= 0.6 is 11.6 Å². The van der Waals surface area contributed by atoms with Crippen LogP contribution in [0.2, 0.25) is 5.02 Å². The number of primary amides is 1. The van der Waals surface area contributed by atoms with Crippen molar-refractivity contribution in [2.24, 2.45) is 5.73 Å². The van der Waals surface area contributed by atoms with Crippen molar-refractivity contribution in [3.63, 3.8) is 0 Å². The molecule has 0 atom stereocenters. The molecule has 12 heavy (non-hydrogen) atoms. The van der Waals surface area contributed by atoms with Crippen LogP contribution in [0.25, 0.3) is 0 Å². The van der Waals surface area contributed by atoms with E-state index in [0.717, 1.165) is 12.1 Å². The fourth-order valence-electron chi connectivity index (χ4n) is 0.789. The molecule has 0 fully saturated rings. The summed E-state index contributed by atoms with van der Waals surface area (Å²) in [5.74, 6) is -1.43. The number of halogens is 2. The Bertz CT molecular complexity index is 340. The molecule has 5 heteroatoms. The number of nitrogen functional groups attached to an aromatic ring is 1. The molecule has 0 aliphatic carbocycles. The predicted octanol–water partition coefficient (Wildman–Crippen LogP) is 1.16. The number of hydrogen-bond donors (Lipinski definition) is 2. The van der Waals surface area contributed by atoms with E-state index >= 15 is 0 Å². The van der Waals surface area contributed by atoms with Gasteiger partial charge in [-0.3, -0.25) is 4.79 Å². The van der Waals surface area contributed by atoms with Gasteiger partial charge >= 0.3 is 0 Å². The summed E-state index contributed by atoms with van der Waals surface area (Å²) in [5.41, 5.74) is 10.2. The van der Waals surface area contributed by atoms with Crippen molar-refractivity contribution >= 4 is 23.2 Å². The molecule has 0 saturated carbocycles. The van der Waals surface area contributed by atoms with Crippen molar-refractivity contribution in [3.8, 4) is 0 Å². The minimum Gasteiger partial charge on any atom is -0.397 e. The molecule has 0 radical (unpaired) electrons. The molecule has 0 spiro atoms. The van der Waals surface area contributed by atoms with Gasteiger partial charge in [-0.1, -0.05) is 11.6 Å². The molecular weight excluding hydrogens is 183 g/mol. The monoisotopic (exact) mass is 188 g/mol. The van der Waals surface area contributed by atoms with Crippen LogP contribution < -0.4 is 11.5 Å². The Morgan fingerprint density at radius 1 is 1.50 bits per heavy atom. The topological polar surface area (TPSA) is 69.1 Å². The molecule has 0 aliphatic rings. The summed E-state index contributed by atoms with van der Waals surface area (Å²) < 4.78 is 12.6. The molecule has 4 N–H and O–H groups in total. The molecule has 0 heterocycles. The number of carbonyl (C=O) groups is 1. The van der Waals surface area contributed by atoms with E-state index in [-0.39, 0.29) is 16.3 Å². The molecule has 3 nitrogen and oxygen atoms in total. The number of amides is 1. The maximum atomic E-state index is 12.6. The number of rotatable bonds is 1. The first-order valence-electron chi connectivity index (χ1n) is 3.06. The van der Waals surface area contributed by atoms with Crippen LogP contribution in [0.3, 0.4) is 0 Å². The summed E-state index contributed by atoms with van der Waals surface area (Å²) in [6, 6.07) is 1.97. The van der Waals surface area contributed by atoms with E-state index in [1.165, 1.54) is 0 Å². The van der Waals surface area contributed by atoms with Crippen molar-refractivity contribution in [2.75, 3.05) is 5.73 Å². The first-order valence-corrected chi connectivity index (χ1v) is 3.44. The van der Waals surface area contributed by atoms with Crippen LogP contribution in [0.15, 0.2) is 12.1 Å². The van der Waals surface area contributed by atoms with E-state index in [9.17, 15) is 9.18 Å². The first-order chi connectivity index (χ1) is 5.52. The van der Waals surface area contributed by atoms with E-state index in [4.69, 9.17) is 23.1 Å². The predicted molar refractivity (Wildman–Crippen MR) is 44.3 cm³/mol. The molecule has 64 valence electrons. The fourth-order valence-corrected chi connectivity index (χ4v) is 0.995. The average molecular weight is 189 g/mol. The lowest BCUT2D eigenvalue weighted by Crippen LogP contribution is -2.14. The van der Waals surface area contributed by atoms with Crippen LogP contribution in [-0.2, 0) is 0 Å². The van der Waals surface area contributed by atoms with E-state index in [1.807, 2.05) is 0 Å². The number of anilines is 1. The highest BCUT2D eigenvalue weighted by atomic mass is 35.5. The summed E-state index contributed by atoms with van der Waals surface area (Å²) in [6.07, 6.45) is 0. The summed E-state index contributed by atoms with van der Waals surface area (Å²) in [6.45, 7) is 0. The standard InChI is InChI=1S/C7H6ClFN2O/c8-5-2-3(9)1-4(6(5)10)7(11)12/h1-2H,10H2,(H2,11,12). The molecule has 1 aromatic rings. The lowest BCUT2D eigenvalue weighted by molar-refractivity contribution is 0.100. The van der Waals surface area contributed by atoms with Gasteiger partial charge in [0.05, 0.1) is 16.3 Å². The largest absolute Gasteiger partial charge is 0.397 e. The molecule has 1 amide bonds. The van der Waals surface area contributed by atoms with E-state index in [2.05, 4.69) is 0 Å². The summed E-state index contributed by atoms with van der Waals surface area (Å²) >= 11 is 5.49. The summed E-state index contributed by atoms with van der Waals surface area (Å²) in [7, 11) is 0. The van der Waals surface area contributed by atoms with Crippen molar-refractivity contribution < 1.29 is 9.18 Å². The zero-order valence-corrected chi connectivity index (χ0v) is 6.73. The van der Waals surface area contributed by atoms with Gasteiger partial charge < -0.3 is 11.5 Å². The van der Waals surface area contributed by atoms with Crippen LogP contribution in [-0.4, -0.2) is 5.91 Å². The van der Waals surface area contributed by atoms with Gasteiger partial charge in [0.1, 0.15) is 5.82 Å². The molecule has 0 aromatic heterocycles. The SMILES string of the molecule is NC(=O)c1cc(F)cc(Cl)c1N. The van der Waals surface area contributed by atoms with E-state index in [1.54, 1.807) is 0 Å². The third-order valence-electron chi connectivity index (χ3n) is 1.36. The second kappa shape index (κ2) is 2.98. The minimum atomic E-state index is -0.797. The van der Waals surface area contributed by atoms with Crippen molar-refractivity contribution in [2.45, 2.75) is 0 Å². The normalized spacial score (nSPS) is 9.83. The van der Waals surface area contributed by atoms with Gasteiger partial charge in [-0.15, -0.1) is 0 Å². The van der Waals surface area contributed by atoms with Crippen molar-refractivity contribution in [3.05, 3.63) is 28.5 Å². The zero-order valence-electron chi connectivity index (χ0n) is 5.97. The number of hydrogen-bond acceptors (Lipinski definition) is 2. The lowest BCUT2D eigenvalue weighted by Gasteiger charge is -2.02. The Morgan fingerprint density at radius 2 is 2.08 bits per heavy atom. The highest BCUT2D eigenvalue weighted by Gasteiger charge is 2.10. The second-order valence-corrected chi connectivity index (χ2v) is 2.62. The lowest BCUT2D eigenvalue weighted by atomic mass is 10.1. The highest BCUT2D eigenvalue weighted by Crippen LogP contribution is 2.23. The Labute approximate surface area is 73.1 Å². The Hall–Kier alpha value is -1.29. The van der Waals surface area contributed by atoms with Gasteiger partial charge in [0.25, 0.3) is 5.91 Å². The van der Waals surface area contributed by atoms with Gasteiger partial charge in [-0.25, -0.2) is 4.39 Å². The van der Waals surface area contributed by atoms with Crippen molar-refractivity contribution in [1.82, 2.24) is 0 Å². The Morgan fingerprint density at radius 3 is 2.58 bits per heavy atom. The zero-order chi connectivity index (χ0) is 9.30. The summed E-state index contributed by atoms with van der Waals surface area (Å²) in [5, 5.41) is -0.0104. The van der Waals surface area contributed by atoms with Gasteiger partial charge in [-0.2, -0.15) is 0 Å². The molecule has 0 bridgehead atoms. The third kappa shape index (κ3) is 1.48. The molecular formula is C7H6ClFN2O. The van der Waals surface area contributed by atoms with Crippen LogP contribution in [0, 0.1) is 5.82 Å². The number of benzene rings is 1. The second-order valence-electron chi connectivity index (χ2n) is 2.21. The maximum absolute atomic E-state index is 12.6. The van der Waals surface area contributed by atoms with E-state index < -0.39 is 11.7 Å². The maximum Gasteiger partial charge on any atom is 0.250 e. The van der Waals surface area contributed by atoms with Crippen LogP contribution in [0.5, 0.6) is 0 Å². The van der Waals surface area contributed by atoms with E-state index in [0.29, 0.717) is 0 Å². The van der Waals surface area contributed by atoms with Gasteiger partial charge in [0.2, 0.25) is 0 Å².